The summed E-state index contributed by atoms with van der Waals surface area (Å²) >= 11 is 1.50. The van der Waals surface area contributed by atoms with Crippen LogP contribution in [0.25, 0.3) is 0 Å². The number of carbonyl (C=O) groups excluding carboxylic acids is 1. The van der Waals surface area contributed by atoms with Crippen molar-refractivity contribution < 1.29 is 9.53 Å². The SMILES string of the molecule is O=C(c1cccs1)N(c1ccccc1)[C@@H]1COC2(CCNCC2)C1. The second-order valence-corrected chi connectivity index (χ2v) is 7.54. The third kappa shape index (κ3) is 2.99. The fraction of sp³-hybridized carbons (Fsp3) is 0.421. The topological polar surface area (TPSA) is 41.6 Å². The molecule has 2 fully saturated rings. The van der Waals surface area contributed by atoms with E-state index < -0.39 is 0 Å². The number of piperidine rings is 1. The van der Waals surface area contributed by atoms with Crippen LogP contribution in [0.5, 0.6) is 0 Å². The van der Waals surface area contributed by atoms with Gasteiger partial charge in [0, 0.05) is 5.69 Å². The van der Waals surface area contributed by atoms with Crippen LogP contribution >= 0.6 is 11.3 Å². The summed E-state index contributed by atoms with van der Waals surface area (Å²) in [6, 6.07) is 13.9. The van der Waals surface area contributed by atoms with Gasteiger partial charge >= 0.3 is 0 Å². The van der Waals surface area contributed by atoms with Gasteiger partial charge < -0.3 is 15.0 Å². The lowest BCUT2D eigenvalue weighted by atomic mass is 9.88. The van der Waals surface area contributed by atoms with Crippen LogP contribution in [0.1, 0.15) is 28.9 Å². The normalized spacial score (nSPS) is 22.6. The summed E-state index contributed by atoms with van der Waals surface area (Å²) in [5.74, 6) is 0.0794. The number of nitrogens with one attached hydrogen (secondary N) is 1. The van der Waals surface area contributed by atoms with E-state index >= 15 is 0 Å². The molecule has 1 amide bonds. The fourth-order valence-corrected chi connectivity index (χ4v) is 4.48. The average molecular weight is 342 g/mol. The Balaban J connectivity index is 1.62. The van der Waals surface area contributed by atoms with E-state index in [9.17, 15) is 4.79 Å². The molecular weight excluding hydrogens is 320 g/mol. The summed E-state index contributed by atoms with van der Waals surface area (Å²) in [5, 5.41) is 5.35. The Morgan fingerprint density at radius 1 is 1.17 bits per heavy atom. The highest BCUT2D eigenvalue weighted by molar-refractivity contribution is 7.12. The van der Waals surface area contributed by atoms with E-state index in [1.807, 2.05) is 52.7 Å². The molecule has 24 heavy (non-hydrogen) atoms. The van der Waals surface area contributed by atoms with Crippen LogP contribution in [-0.2, 0) is 4.74 Å². The summed E-state index contributed by atoms with van der Waals surface area (Å²) in [7, 11) is 0. The molecule has 0 aliphatic carbocycles. The predicted octanol–water partition coefficient (Wildman–Crippen LogP) is 3.31. The van der Waals surface area contributed by atoms with Gasteiger partial charge in [0.25, 0.3) is 5.91 Å². The van der Waals surface area contributed by atoms with Crippen molar-refractivity contribution in [2.75, 3.05) is 24.6 Å². The number of anilines is 1. The van der Waals surface area contributed by atoms with E-state index in [2.05, 4.69) is 5.32 Å². The Labute approximate surface area is 146 Å². The first-order valence-corrected chi connectivity index (χ1v) is 9.42. The first-order valence-electron chi connectivity index (χ1n) is 8.54. The minimum absolute atomic E-state index is 0.0569. The van der Waals surface area contributed by atoms with Crippen molar-refractivity contribution in [1.82, 2.24) is 5.32 Å². The van der Waals surface area contributed by atoms with Gasteiger partial charge in [-0.05, 0) is 55.9 Å². The van der Waals surface area contributed by atoms with E-state index in [0.717, 1.165) is 42.9 Å². The maximum absolute atomic E-state index is 13.1. The van der Waals surface area contributed by atoms with Crippen molar-refractivity contribution >= 4 is 22.9 Å². The van der Waals surface area contributed by atoms with Gasteiger partial charge in [-0.2, -0.15) is 0 Å². The van der Waals surface area contributed by atoms with Crippen LogP contribution in [0.15, 0.2) is 47.8 Å². The van der Waals surface area contributed by atoms with Crippen LogP contribution in [0.2, 0.25) is 0 Å². The molecule has 2 aliphatic heterocycles. The van der Waals surface area contributed by atoms with Crippen molar-refractivity contribution in [2.24, 2.45) is 0 Å². The molecule has 1 aromatic heterocycles. The van der Waals surface area contributed by atoms with Gasteiger partial charge in [0.15, 0.2) is 0 Å². The van der Waals surface area contributed by atoms with Gasteiger partial charge in [0.1, 0.15) is 0 Å². The number of carbonyl (C=O) groups is 1. The Hall–Kier alpha value is -1.69. The first-order chi connectivity index (χ1) is 11.8. The zero-order valence-corrected chi connectivity index (χ0v) is 14.4. The highest BCUT2D eigenvalue weighted by Crippen LogP contribution is 2.38. The standard InChI is InChI=1S/C19H22N2O2S/c22-18(17-7-4-12-24-17)21(15-5-2-1-3-6-15)16-13-19(23-14-16)8-10-20-11-9-19/h1-7,12,16,20H,8-11,13-14H2/t16-/m0/s1. The number of benzene rings is 1. The molecule has 2 saturated heterocycles. The zero-order chi connectivity index (χ0) is 16.4. The minimum atomic E-state index is -0.0569. The molecule has 0 saturated carbocycles. The van der Waals surface area contributed by atoms with Crippen LogP contribution < -0.4 is 10.2 Å². The number of ether oxygens (including phenoxy) is 1. The van der Waals surface area contributed by atoms with Gasteiger partial charge in [-0.1, -0.05) is 24.3 Å². The van der Waals surface area contributed by atoms with Gasteiger partial charge in [0.2, 0.25) is 0 Å². The molecule has 2 aromatic rings. The largest absolute Gasteiger partial charge is 0.373 e. The summed E-state index contributed by atoms with van der Waals surface area (Å²) in [6.45, 7) is 2.61. The molecule has 1 aromatic carbocycles. The molecule has 126 valence electrons. The van der Waals surface area contributed by atoms with Gasteiger partial charge in [-0.25, -0.2) is 0 Å². The number of amides is 1. The maximum atomic E-state index is 13.1. The highest BCUT2D eigenvalue weighted by Gasteiger charge is 2.44. The van der Waals surface area contributed by atoms with E-state index in [1.54, 1.807) is 0 Å². The molecule has 4 rings (SSSR count). The summed E-state index contributed by atoms with van der Waals surface area (Å²) in [5.41, 5.74) is 0.897. The highest BCUT2D eigenvalue weighted by atomic mass is 32.1. The Morgan fingerprint density at radius 2 is 1.96 bits per heavy atom. The predicted molar refractivity (Wildman–Crippen MR) is 96.8 cm³/mol. The van der Waals surface area contributed by atoms with E-state index in [4.69, 9.17) is 4.74 Å². The monoisotopic (exact) mass is 342 g/mol. The molecule has 0 bridgehead atoms. The van der Waals surface area contributed by atoms with E-state index in [1.165, 1.54) is 11.3 Å². The molecule has 3 heterocycles. The first kappa shape index (κ1) is 15.8. The lowest BCUT2D eigenvalue weighted by Crippen LogP contribution is -2.44. The van der Waals surface area contributed by atoms with Crippen LogP contribution in [0.4, 0.5) is 5.69 Å². The van der Waals surface area contributed by atoms with Gasteiger partial charge in [-0.15, -0.1) is 11.3 Å². The Bertz CT molecular complexity index is 681. The minimum Gasteiger partial charge on any atom is -0.373 e. The number of hydrogen-bond acceptors (Lipinski definition) is 4. The number of thiophene rings is 1. The smallest absolute Gasteiger partial charge is 0.268 e. The summed E-state index contributed by atoms with van der Waals surface area (Å²) < 4.78 is 6.23. The molecule has 5 heteroatoms. The van der Waals surface area contributed by atoms with Crippen LogP contribution in [0, 0.1) is 0 Å². The van der Waals surface area contributed by atoms with Crippen LogP contribution in [-0.4, -0.2) is 37.2 Å². The number of para-hydroxylation sites is 1. The van der Waals surface area contributed by atoms with Gasteiger partial charge in [0.05, 0.1) is 23.1 Å². The lowest BCUT2D eigenvalue weighted by Gasteiger charge is -2.34. The molecule has 0 unspecified atom stereocenters. The second-order valence-electron chi connectivity index (χ2n) is 6.59. The van der Waals surface area contributed by atoms with Crippen LogP contribution in [0.3, 0.4) is 0 Å². The Morgan fingerprint density at radius 3 is 2.67 bits per heavy atom. The molecule has 0 radical (unpaired) electrons. The van der Waals surface area contributed by atoms with Crippen molar-refractivity contribution in [2.45, 2.75) is 30.9 Å². The average Bonchev–Trinajstić information content (AvgIpc) is 3.28. The number of rotatable bonds is 3. The lowest BCUT2D eigenvalue weighted by molar-refractivity contribution is -0.0193. The molecule has 1 N–H and O–H groups in total. The number of hydrogen-bond donors (Lipinski definition) is 1. The van der Waals surface area contributed by atoms with E-state index in [0.29, 0.717) is 6.61 Å². The fourth-order valence-electron chi connectivity index (χ4n) is 3.82. The van der Waals surface area contributed by atoms with Crippen molar-refractivity contribution in [3.05, 3.63) is 52.7 Å². The molecule has 4 nitrogen and oxygen atoms in total. The zero-order valence-electron chi connectivity index (χ0n) is 13.6. The van der Waals surface area contributed by atoms with E-state index in [-0.39, 0.29) is 17.6 Å². The second kappa shape index (κ2) is 6.67. The van der Waals surface area contributed by atoms with Crippen molar-refractivity contribution in [3.63, 3.8) is 0 Å². The van der Waals surface area contributed by atoms with Crippen molar-refractivity contribution in [1.29, 1.82) is 0 Å². The van der Waals surface area contributed by atoms with Gasteiger partial charge in [-0.3, -0.25) is 4.79 Å². The maximum Gasteiger partial charge on any atom is 0.268 e. The molecule has 2 aliphatic rings. The third-order valence-corrected chi connectivity index (χ3v) is 5.91. The molecule has 1 spiro atoms. The summed E-state index contributed by atoms with van der Waals surface area (Å²) in [6.07, 6.45) is 2.97. The third-order valence-electron chi connectivity index (χ3n) is 5.05. The number of nitrogens with zero attached hydrogens (tertiary/aromatic N) is 1. The molecular formula is C19H22N2O2S. The molecule has 1 atom stereocenters. The van der Waals surface area contributed by atoms with Crippen molar-refractivity contribution in [3.8, 4) is 0 Å². The Kier molecular flexibility index (Phi) is 4.39. The quantitative estimate of drug-likeness (QED) is 0.930. The summed E-state index contributed by atoms with van der Waals surface area (Å²) in [4.78, 5) is 15.9.